The van der Waals surface area contributed by atoms with Gasteiger partial charge in [-0.1, -0.05) is 84.0 Å². The standard InChI is InChI=1S/C16H36NO3.ClH/c1-2-3-4-5-6-7-8-9-10-11-12-13-14-15-16-17(18,19)20;/h18-20H,2-16H2,1H3;1H/q+1;/p-1. The number of rotatable bonds is 15. The second-order valence-electron chi connectivity index (χ2n) is 6.01. The average Bonchev–Trinajstić information content (AvgIpc) is 2.38. The summed E-state index contributed by atoms with van der Waals surface area (Å²) in [7, 11) is 0. The van der Waals surface area contributed by atoms with Gasteiger partial charge >= 0.3 is 0 Å². The molecule has 0 rings (SSSR count). The van der Waals surface area contributed by atoms with E-state index in [1.807, 2.05) is 0 Å². The molecule has 130 valence electrons. The van der Waals surface area contributed by atoms with Crippen molar-refractivity contribution in [1.29, 1.82) is 0 Å². The van der Waals surface area contributed by atoms with Gasteiger partial charge in [-0.05, 0) is 6.42 Å². The molecule has 0 aromatic rings. The second-order valence-corrected chi connectivity index (χ2v) is 6.01. The van der Waals surface area contributed by atoms with Gasteiger partial charge < -0.3 is 12.4 Å². The van der Waals surface area contributed by atoms with Gasteiger partial charge in [0.25, 0.3) is 0 Å². The van der Waals surface area contributed by atoms with E-state index in [1.165, 1.54) is 70.6 Å². The molecule has 21 heavy (non-hydrogen) atoms. The number of halogens is 1. The predicted octanol–water partition coefficient (Wildman–Crippen LogP) is 2.46. The smallest absolute Gasteiger partial charge is 0.177 e. The molecule has 0 bridgehead atoms. The van der Waals surface area contributed by atoms with Gasteiger partial charge in [0.2, 0.25) is 0 Å². The maximum atomic E-state index is 8.66. The van der Waals surface area contributed by atoms with Gasteiger partial charge in [-0.15, -0.1) is 15.6 Å². The minimum absolute atomic E-state index is 0. The fraction of sp³-hybridized carbons (Fsp3) is 1.00. The molecule has 0 aliphatic carbocycles. The van der Waals surface area contributed by atoms with Crippen LogP contribution in [0.2, 0.25) is 0 Å². The van der Waals surface area contributed by atoms with E-state index >= 15 is 0 Å². The number of hydrogen-bond donors (Lipinski definition) is 3. The van der Waals surface area contributed by atoms with Gasteiger partial charge in [-0.2, -0.15) is 0 Å². The zero-order valence-electron chi connectivity index (χ0n) is 13.8. The van der Waals surface area contributed by atoms with Crippen LogP contribution in [0.3, 0.4) is 0 Å². The first-order valence-electron chi connectivity index (χ1n) is 8.62. The Labute approximate surface area is 137 Å². The van der Waals surface area contributed by atoms with E-state index in [2.05, 4.69) is 6.92 Å². The van der Waals surface area contributed by atoms with Crippen LogP contribution in [0, 0.1) is 0 Å². The topological polar surface area (TPSA) is 60.7 Å². The molecular weight excluding hydrogens is 290 g/mol. The molecule has 0 amide bonds. The van der Waals surface area contributed by atoms with Crippen LogP contribution in [0.5, 0.6) is 0 Å². The highest BCUT2D eigenvalue weighted by Gasteiger charge is 2.16. The molecule has 3 N–H and O–H groups in total. The van der Waals surface area contributed by atoms with E-state index in [4.69, 9.17) is 15.6 Å². The molecular formula is C16H36ClNO3. The largest absolute Gasteiger partial charge is 1.00 e. The van der Waals surface area contributed by atoms with Crippen LogP contribution in [0.25, 0.3) is 0 Å². The van der Waals surface area contributed by atoms with Crippen molar-refractivity contribution in [3.05, 3.63) is 0 Å². The number of nitrogens with zero attached hydrogens (tertiary/aromatic N) is 1. The summed E-state index contributed by atoms with van der Waals surface area (Å²) in [6.45, 7) is 2.25. The summed E-state index contributed by atoms with van der Waals surface area (Å²) in [5.74, 6) is 0. The van der Waals surface area contributed by atoms with Crippen LogP contribution in [0.1, 0.15) is 96.8 Å². The quantitative estimate of drug-likeness (QED) is 0.246. The lowest BCUT2D eigenvalue weighted by atomic mass is 10.0. The van der Waals surface area contributed by atoms with Crippen molar-refractivity contribution >= 4 is 0 Å². The molecule has 4 nitrogen and oxygen atoms in total. The van der Waals surface area contributed by atoms with Gasteiger partial charge in [0.1, 0.15) is 0 Å². The Morgan fingerprint density at radius 1 is 0.524 bits per heavy atom. The van der Waals surface area contributed by atoms with E-state index in [0.717, 1.165) is 12.8 Å². The summed E-state index contributed by atoms with van der Waals surface area (Å²) >= 11 is 0. The molecule has 0 fully saturated rings. The van der Waals surface area contributed by atoms with Gasteiger partial charge in [0.15, 0.2) is 6.54 Å². The zero-order valence-corrected chi connectivity index (χ0v) is 14.5. The van der Waals surface area contributed by atoms with Crippen molar-refractivity contribution in [2.24, 2.45) is 0 Å². The SMILES string of the molecule is CCCCCCCCCCCCCCCC[N+](O)(O)O.[Cl-]. The Morgan fingerprint density at radius 2 is 0.810 bits per heavy atom. The zero-order chi connectivity index (χ0) is 15.1. The molecule has 0 heterocycles. The molecule has 0 saturated heterocycles. The maximum absolute atomic E-state index is 8.66. The Hall–Kier alpha value is 0.130. The molecule has 0 saturated carbocycles. The Bertz CT molecular complexity index is 198. The Kier molecular flexibility index (Phi) is 18.4. The highest BCUT2D eigenvalue weighted by Crippen LogP contribution is 2.13. The van der Waals surface area contributed by atoms with Crippen molar-refractivity contribution in [3.63, 3.8) is 0 Å². The highest BCUT2D eigenvalue weighted by molar-refractivity contribution is 4.48. The van der Waals surface area contributed by atoms with Crippen LogP contribution in [-0.2, 0) is 0 Å². The number of quaternary nitrogens is 1. The number of hydroxylamine groups is 3. The molecule has 0 radical (unpaired) electrons. The highest BCUT2D eigenvalue weighted by atomic mass is 35.5. The summed E-state index contributed by atoms with van der Waals surface area (Å²) in [6.07, 6.45) is 17.6. The van der Waals surface area contributed by atoms with Crippen molar-refractivity contribution in [3.8, 4) is 0 Å². The molecule has 0 unspecified atom stereocenters. The van der Waals surface area contributed by atoms with E-state index in [1.54, 1.807) is 0 Å². The van der Waals surface area contributed by atoms with Crippen LogP contribution in [0.4, 0.5) is 0 Å². The molecule has 0 aromatic heterocycles. The van der Waals surface area contributed by atoms with Crippen LogP contribution >= 0.6 is 0 Å². The summed E-state index contributed by atoms with van der Waals surface area (Å²) in [6, 6.07) is 0. The Balaban J connectivity index is 0. The number of hydrogen-bond acceptors (Lipinski definition) is 3. The van der Waals surface area contributed by atoms with E-state index in [-0.39, 0.29) is 19.0 Å². The summed E-state index contributed by atoms with van der Waals surface area (Å²) in [5, 5.41) is 26.0. The lowest BCUT2D eigenvalue weighted by molar-refractivity contribution is -1.37. The normalized spacial score (nSPS) is 11.4. The molecule has 5 heteroatoms. The first kappa shape index (κ1) is 23.4. The molecule has 0 spiro atoms. The van der Waals surface area contributed by atoms with Crippen molar-refractivity contribution in [2.45, 2.75) is 96.8 Å². The fourth-order valence-electron chi connectivity index (χ4n) is 2.52. The third-order valence-corrected chi connectivity index (χ3v) is 3.81. The second kappa shape index (κ2) is 16.5. The summed E-state index contributed by atoms with van der Waals surface area (Å²) < 4.78 is 0. The monoisotopic (exact) mass is 325 g/mol. The fourth-order valence-corrected chi connectivity index (χ4v) is 2.52. The Morgan fingerprint density at radius 3 is 1.10 bits per heavy atom. The van der Waals surface area contributed by atoms with Crippen molar-refractivity contribution in [1.82, 2.24) is 0 Å². The van der Waals surface area contributed by atoms with Crippen LogP contribution in [0.15, 0.2) is 0 Å². The molecule has 0 aromatic carbocycles. The van der Waals surface area contributed by atoms with Crippen molar-refractivity contribution < 1.29 is 33.0 Å². The molecule has 0 atom stereocenters. The van der Waals surface area contributed by atoms with Gasteiger partial charge in [-0.3, -0.25) is 0 Å². The van der Waals surface area contributed by atoms with E-state index in [0.29, 0.717) is 6.42 Å². The summed E-state index contributed by atoms with van der Waals surface area (Å²) in [5.41, 5.74) is 0. The third-order valence-electron chi connectivity index (χ3n) is 3.81. The minimum atomic E-state index is -1.88. The van der Waals surface area contributed by atoms with Crippen LogP contribution in [-0.4, -0.2) is 27.1 Å². The molecule has 0 aliphatic rings. The van der Waals surface area contributed by atoms with Gasteiger partial charge in [0.05, 0.1) is 4.97 Å². The minimum Gasteiger partial charge on any atom is -1.00 e. The lowest BCUT2D eigenvalue weighted by Gasteiger charge is -2.10. The number of unbranched alkanes of at least 4 members (excludes halogenated alkanes) is 13. The van der Waals surface area contributed by atoms with Gasteiger partial charge in [0, 0.05) is 6.42 Å². The van der Waals surface area contributed by atoms with E-state index in [9.17, 15) is 0 Å². The lowest BCUT2D eigenvalue weighted by Crippen LogP contribution is -3.00. The third kappa shape index (κ3) is 22.5. The summed E-state index contributed by atoms with van der Waals surface area (Å²) in [4.78, 5) is -1.88. The average molecular weight is 326 g/mol. The first-order chi connectivity index (χ1) is 9.56. The first-order valence-corrected chi connectivity index (χ1v) is 8.62. The van der Waals surface area contributed by atoms with Gasteiger partial charge in [-0.25, -0.2) is 0 Å². The maximum Gasteiger partial charge on any atom is 0.177 e. The van der Waals surface area contributed by atoms with E-state index < -0.39 is 4.97 Å². The van der Waals surface area contributed by atoms with Crippen LogP contribution < -0.4 is 12.4 Å². The molecule has 0 aliphatic heterocycles. The predicted molar refractivity (Wildman–Crippen MR) is 80.8 cm³/mol. The van der Waals surface area contributed by atoms with Crippen molar-refractivity contribution in [2.75, 3.05) is 6.54 Å².